The molecule has 0 aliphatic carbocycles. The zero-order valence-electron chi connectivity index (χ0n) is 10.0. The van der Waals surface area contributed by atoms with Crippen LogP contribution >= 0.6 is 31.9 Å². The first-order valence-electron chi connectivity index (χ1n) is 5.92. The van der Waals surface area contributed by atoms with Crippen LogP contribution in [0.5, 0.6) is 0 Å². The minimum Gasteiger partial charge on any atom is -0.452 e. The summed E-state index contributed by atoms with van der Waals surface area (Å²) in [5, 5.41) is 12.3. The van der Waals surface area contributed by atoms with Crippen LogP contribution in [0.15, 0.2) is 19.6 Å². The van der Waals surface area contributed by atoms with Gasteiger partial charge in [0.15, 0.2) is 4.67 Å². The molecule has 1 atom stereocenters. The van der Waals surface area contributed by atoms with Crippen LogP contribution < -0.4 is 5.32 Å². The summed E-state index contributed by atoms with van der Waals surface area (Å²) in [6.45, 7) is 4.08. The summed E-state index contributed by atoms with van der Waals surface area (Å²) >= 11 is 6.70. The van der Waals surface area contributed by atoms with Gasteiger partial charge in [0, 0.05) is 6.61 Å². The van der Waals surface area contributed by atoms with Gasteiger partial charge in [0.1, 0.15) is 5.76 Å². The second-order valence-electron chi connectivity index (χ2n) is 4.13. The Kier molecular flexibility index (Phi) is 7.43. The lowest BCUT2D eigenvalue weighted by atomic mass is 10.0. The standard InChI is InChI=1S/C12H19Br2NO2/c1-2-3-9(4-5-16)7-15-8-10-6-11(13)12(14)17-10/h6,9,15-16H,2-5,7-8H2,1H3. The van der Waals surface area contributed by atoms with Crippen molar-refractivity contribution in [2.75, 3.05) is 13.2 Å². The Bertz CT molecular complexity index is 303. The van der Waals surface area contributed by atoms with Crippen LogP contribution in [0.2, 0.25) is 0 Å². The molecule has 2 N–H and O–H groups in total. The van der Waals surface area contributed by atoms with Crippen molar-refractivity contribution in [3.8, 4) is 0 Å². The molecule has 0 aliphatic rings. The van der Waals surface area contributed by atoms with Gasteiger partial charge in [0.05, 0.1) is 11.0 Å². The van der Waals surface area contributed by atoms with E-state index in [1.54, 1.807) is 0 Å². The third-order valence-electron chi connectivity index (χ3n) is 2.66. The maximum Gasteiger partial charge on any atom is 0.183 e. The van der Waals surface area contributed by atoms with E-state index < -0.39 is 0 Å². The van der Waals surface area contributed by atoms with Gasteiger partial charge in [-0.05, 0) is 63.2 Å². The molecule has 0 bridgehead atoms. The Balaban J connectivity index is 2.30. The van der Waals surface area contributed by atoms with Gasteiger partial charge in [-0.3, -0.25) is 0 Å². The predicted octanol–water partition coefficient (Wildman–Crippen LogP) is 3.69. The molecule has 0 aliphatic heterocycles. The monoisotopic (exact) mass is 367 g/mol. The van der Waals surface area contributed by atoms with Crippen LogP contribution in [0.4, 0.5) is 0 Å². The predicted molar refractivity (Wildman–Crippen MR) is 75.9 cm³/mol. The zero-order valence-corrected chi connectivity index (χ0v) is 13.2. The normalized spacial score (nSPS) is 12.9. The molecule has 1 heterocycles. The Labute approximate surface area is 119 Å². The number of rotatable bonds is 8. The molecule has 98 valence electrons. The summed E-state index contributed by atoms with van der Waals surface area (Å²) in [7, 11) is 0. The first-order valence-corrected chi connectivity index (χ1v) is 7.51. The molecule has 0 saturated carbocycles. The quantitative estimate of drug-likeness (QED) is 0.735. The number of aliphatic hydroxyl groups is 1. The van der Waals surface area contributed by atoms with Gasteiger partial charge in [0.2, 0.25) is 0 Å². The van der Waals surface area contributed by atoms with Crippen LogP contribution in [-0.2, 0) is 6.54 Å². The van der Waals surface area contributed by atoms with Crippen LogP contribution in [0.1, 0.15) is 31.9 Å². The van der Waals surface area contributed by atoms with Crippen LogP contribution in [0.3, 0.4) is 0 Å². The molecule has 1 aromatic rings. The van der Waals surface area contributed by atoms with E-state index in [9.17, 15) is 0 Å². The Hall–Kier alpha value is 0.160. The van der Waals surface area contributed by atoms with Gasteiger partial charge in [-0.1, -0.05) is 13.3 Å². The van der Waals surface area contributed by atoms with Crippen molar-refractivity contribution in [3.63, 3.8) is 0 Å². The van der Waals surface area contributed by atoms with Crippen molar-refractivity contribution in [2.24, 2.45) is 5.92 Å². The van der Waals surface area contributed by atoms with Gasteiger partial charge >= 0.3 is 0 Å². The van der Waals surface area contributed by atoms with E-state index in [2.05, 4.69) is 44.1 Å². The van der Waals surface area contributed by atoms with Gasteiger partial charge in [0.25, 0.3) is 0 Å². The van der Waals surface area contributed by atoms with Crippen molar-refractivity contribution in [2.45, 2.75) is 32.7 Å². The van der Waals surface area contributed by atoms with Crippen molar-refractivity contribution in [3.05, 3.63) is 21.0 Å². The topological polar surface area (TPSA) is 45.4 Å². The molecule has 3 nitrogen and oxygen atoms in total. The molecule has 0 saturated heterocycles. The van der Waals surface area contributed by atoms with Crippen molar-refractivity contribution in [1.82, 2.24) is 5.32 Å². The zero-order chi connectivity index (χ0) is 12.7. The lowest BCUT2D eigenvalue weighted by molar-refractivity contribution is 0.247. The summed E-state index contributed by atoms with van der Waals surface area (Å²) in [5.74, 6) is 1.45. The lowest BCUT2D eigenvalue weighted by Gasteiger charge is -2.14. The van der Waals surface area contributed by atoms with Gasteiger partial charge < -0.3 is 14.8 Å². The second kappa shape index (κ2) is 8.29. The number of hydrogen-bond acceptors (Lipinski definition) is 3. The van der Waals surface area contributed by atoms with Crippen LogP contribution in [0, 0.1) is 5.92 Å². The fraction of sp³-hybridized carbons (Fsp3) is 0.667. The maximum absolute atomic E-state index is 8.96. The van der Waals surface area contributed by atoms with Crippen molar-refractivity contribution < 1.29 is 9.52 Å². The van der Waals surface area contributed by atoms with Crippen LogP contribution in [0.25, 0.3) is 0 Å². The number of aliphatic hydroxyl groups excluding tert-OH is 1. The fourth-order valence-electron chi connectivity index (χ4n) is 1.82. The number of halogens is 2. The Morgan fingerprint density at radius 3 is 2.71 bits per heavy atom. The molecule has 0 spiro atoms. The second-order valence-corrected chi connectivity index (χ2v) is 5.71. The van der Waals surface area contributed by atoms with Crippen molar-refractivity contribution in [1.29, 1.82) is 0 Å². The number of furan rings is 1. The van der Waals surface area contributed by atoms with Gasteiger partial charge in [-0.2, -0.15) is 0 Å². The third-order valence-corrected chi connectivity index (χ3v) is 4.37. The molecule has 17 heavy (non-hydrogen) atoms. The molecule has 0 amide bonds. The average molecular weight is 369 g/mol. The summed E-state index contributed by atoms with van der Waals surface area (Å²) < 4.78 is 7.14. The number of hydrogen-bond donors (Lipinski definition) is 2. The van der Waals surface area contributed by atoms with E-state index in [1.807, 2.05) is 6.07 Å². The van der Waals surface area contributed by atoms with E-state index in [0.29, 0.717) is 5.92 Å². The molecule has 1 unspecified atom stereocenters. The summed E-state index contributed by atoms with van der Waals surface area (Å²) in [5.41, 5.74) is 0. The Morgan fingerprint density at radius 1 is 1.41 bits per heavy atom. The van der Waals surface area contributed by atoms with Crippen molar-refractivity contribution >= 4 is 31.9 Å². The molecule has 5 heteroatoms. The highest BCUT2D eigenvalue weighted by Crippen LogP contribution is 2.26. The first-order chi connectivity index (χ1) is 8.17. The highest BCUT2D eigenvalue weighted by Gasteiger charge is 2.09. The minimum atomic E-state index is 0.268. The number of nitrogens with one attached hydrogen (secondary N) is 1. The minimum absolute atomic E-state index is 0.268. The van der Waals surface area contributed by atoms with E-state index in [4.69, 9.17) is 9.52 Å². The van der Waals surface area contributed by atoms with E-state index in [0.717, 1.165) is 47.3 Å². The van der Waals surface area contributed by atoms with E-state index in [-0.39, 0.29) is 6.61 Å². The molecule has 1 aromatic heterocycles. The smallest absolute Gasteiger partial charge is 0.183 e. The molecule has 1 rings (SSSR count). The highest BCUT2D eigenvalue weighted by atomic mass is 79.9. The summed E-state index contributed by atoms with van der Waals surface area (Å²) in [6.07, 6.45) is 3.18. The lowest BCUT2D eigenvalue weighted by Crippen LogP contribution is -2.23. The molecule has 0 radical (unpaired) electrons. The molecular formula is C12H19Br2NO2. The Morgan fingerprint density at radius 2 is 2.18 bits per heavy atom. The summed E-state index contributed by atoms with van der Waals surface area (Å²) in [6, 6.07) is 1.96. The van der Waals surface area contributed by atoms with Gasteiger partial charge in [-0.15, -0.1) is 0 Å². The largest absolute Gasteiger partial charge is 0.452 e. The van der Waals surface area contributed by atoms with E-state index in [1.165, 1.54) is 0 Å². The van der Waals surface area contributed by atoms with Crippen LogP contribution in [-0.4, -0.2) is 18.3 Å². The first kappa shape index (κ1) is 15.2. The van der Waals surface area contributed by atoms with Gasteiger partial charge in [-0.25, -0.2) is 0 Å². The average Bonchev–Trinajstić information content (AvgIpc) is 2.59. The van der Waals surface area contributed by atoms with E-state index >= 15 is 0 Å². The third kappa shape index (κ3) is 5.55. The fourth-order valence-corrected chi connectivity index (χ4v) is 2.48. The molecular weight excluding hydrogens is 350 g/mol. The summed E-state index contributed by atoms with van der Waals surface area (Å²) in [4.78, 5) is 0. The SMILES string of the molecule is CCCC(CCO)CNCc1cc(Br)c(Br)o1. The molecule has 0 fully saturated rings. The molecule has 0 aromatic carbocycles. The maximum atomic E-state index is 8.96. The highest BCUT2D eigenvalue weighted by molar-refractivity contribution is 9.13.